The minimum atomic E-state index is -0.459. The van der Waals surface area contributed by atoms with Gasteiger partial charge in [0.2, 0.25) is 5.91 Å². The summed E-state index contributed by atoms with van der Waals surface area (Å²) in [6, 6.07) is 25.0. The van der Waals surface area contributed by atoms with Crippen molar-refractivity contribution in [3.8, 4) is 0 Å². The van der Waals surface area contributed by atoms with Crippen LogP contribution >= 0.6 is 34.7 Å². The number of hydrogen-bond acceptors (Lipinski definition) is 5. The molecular weight excluding hydrogens is 538 g/mol. The number of thiophene rings is 1. The molecule has 4 rings (SSSR count). The van der Waals surface area contributed by atoms with Crippen LogP contribution in [0.4, 0.5) is 11.4 Å². The van der Waals surface area contributed by atoms with E-state index in [1.807, 2.05) is 36.6 Å². The average molecular weight is 562 g/mol. The molecule has 3 N–H and O–H groups in total. The SMILES string of the molecule is Cc1c(Cl)cccc1NC(=O)CSc1cccc(NC(=O)/C(=C/c2cccs2)NC(=O)c2ccccc2)c1. The number of anilines is 2. The standard InChI is InChI=1S/C29H24ClN3O3S2/c1-19-24(30)13-6-14-25(19)32-27(34)18-38-22-11-5-10-21(16-22)31-29(36)26(17-23-12-7-15-37-23)33-28(35)20-8-3-2-4-9-20/h2-17H,18H2,1H3,(H,31,36)(H,32,34)(H,33,35)/b26-17-. The lowest BCUT2D eigenvalue weighted by Gasteiger charge is -2.12. The van der Waals surface area contributed by atoms with Crippen molar-refractivity contribution in [3.05, 3.63) is 117 Å². The molecule has 3 amide bonds. The van der Waals surface area contributed by atoms with Crippen LogP contribution < -0.4 is 16.0 Å². The molecule has 0 saturated carbocycles. The second-order valence-electron chi connectivity index (χ2n) is 8.12. The number of carbonyl (C=O) groups is 3. The first-order valence-corrected chi connectivity index (χ1v) is 13.8. The molecule has 3 aromatic carbocycles. The predicted octanol–water partition coefficient (Wildman–Crippen LogP) is 6.85. The normalized spacial score (nSPS) is 11.1. The van der Waals surface area contributed by atoms with Crippen LogP contribution in [0.5, 0.6) is 0 Å². The Labute approximate surface area is 234 Å². The summed E-state index contributed by atoms with van der Waals surface area (Å²) in [4.78, 5) is 40.0. The molecule has 0 saturated heterocycles. The van der Waals surface area contributed by atoms with Gasteiger partial charge in [0.15, 0.2) is 0 Å². The maximum atomic E-state index is 13.2. The molecular formula is C29H24ClN3O3S2. The fourth-order valence-corrected chi connectivity index (χ4v) is 4.99. The van der Waals surface area contributed by atoms with E-state index in [1.54, 1.807) is 66.7 Å². The van der Waals surface area contributed by atoms with Gasteiger partial charge in [0.25, 0.3) is 11.8 Å². The molecule has 0 unspecified atom stereocenters. The van der Waals surface area contributed by atoms with E-state index in [2.05, 4.69) is 16.0 Å². The summed E-state index contributed by atoms with van der Waals surface area (Å²) in [5.74, 6) is -0.826. The van der Waals surface area contributed by atoms with Crippen LogP contribution in [0, 0.1) is 6.92 Å². The molecule has 0 fully saturated rings. The topological polar surface area (TPSA) is 87.3 Å². The van der Waals surface area contributed by atoms with Crippen molar-refractivity contribution in [2.75, 3.05) is 16.4 Å². The monoisotopic (exact) mass is 561 g/mol. The molecule has 4 aromatic rings. The summed E-state index contributed by atoms with van der Waals surface area (Å²) in [6.07, 6.45) is 1.64. The molecule has 38 heavy (non-hydrogen) atoms. The van der Waals surface area contributed by atoms with E-state index in [-0.39, 0.29) is 23.3 Å². The van der Waals surface area contributed by atoms with Crippen molar-refractivity contribution in [1.29, 1.82) is 0 Å². The lowest BCUT2D eigenvalue weighted by atomic mass is 10.2. The van der Waals surface area contributed by atoms with Crippen molar-refractivity contribution in [1.82, 2.24) is 5.32 Å². The number of nitrogens with one attached hydrogen (secondary N) is 3. The summed E-state index contributed by atoms with van der Waals surface area (Å²) in [5, 5.41) is 10.9. The largest absolute Gasteiger partial charge is 0.325 e. The van der Waals surface area contributed by atoms with Gasteiger partial charge in [0.1, 0.15) is 5.70 Å². The van der Waals surface area contributed by atoms with Crippen molar-refractivity contribution in [3.63, 3.8) is 0 Å². The maximum Gasteiger partial charge on any atom is 0.272 e. The highest BCUT2D eigenvalue weighted by Gasteiger charge is 2.16. The second kappa shape index (κ2) is 13.1. The Hall–Kier alpha value is -3.85. The first kappa shape index (κ1) is 27.2. The molecule has 0 aliphatic rings. The fourth-order valence-electron chi connectivity index (χ4n) is 3.40. The van der Waals surface area contributed by atoms with Gasteiger partial charge < -0.3 is 16.0 Å². The molecule has 0 aliphatic carbocycles. The van der Waals surface area contributed by atoms with Crippen molar-refractivity contribution in [2.45, 2.75) is 11.8 Å². The van der Waals surface area contributed by atoms with Gasteiger partial charge >= 0.3 is 0 Å². The Bertz CT molecular complexity index is 1470. The summed E-state index contributed by atoms with van der Waals surface area (Å²) in [5.41, 5.74) is 2.59. The summed E-state index contributed by atoms with van der Waals surface area (Å²) in [7, 11) is 0. The van der Waals surface area contributed by atoms with E-state index in [9.17, 15) is 14.4 Å². The highest BCUT2D eigenvalue weighted by Crippen LogP contribution is 2.25. The van der Waals surface area contributed by atoms with E-state index >= 15 is 0 Å². The molecule has 0 radical (unpaired) electrons. The molecule has 192 valence electrons. The molecule has 0 bridgehead atoms. The first-order chi connectivity index (χ1) is 18.4. The second-order valence-corrected chi connectivity index (χ2v) is 10.6. The summed E-state index contributed by atoms with van der Waals surface area (Å²) < 4.78 is 0. The van der Waals surface area contributed by atoms with E-state index in [0.717, 1.165) is 15.3 Å². The van der Waals surface area contributed by atoms with Gasteiger partial charge in [0, 0.05) is 31.7 Å². The molecule has 0 atom stereocenters. The van der Waals surface area contributed by atoms with E-state index in [4.69, 9.17) is 11.6 Å². The molecule has 6 nitrogen and oxygen atoms in total. The lowest BCUT2D eigenvalue weighted by Crippen LogP contribution is -2.30. The third-order valence-corrected chi connectivity index (χ3v) is 7.58. The van der Waals surface area contributed by atoms with Crippen molar-refractivity contribution in [2.24, 2.45) is 0 Å². The number of hydrogen-bond donors (Lipinski definition) is 3. The van der Waals surface area contributed by atoms with Crippen LogP contribution in [0.3, 0.4) is 0 Å². The van der Waals surface area contributed by atoms with E-state index < -0.39 is 5.91 Å². The van der Waals surface area contributed by atoms with Crippen LogP contribution in [-0.4, -0.2) is 23.5 Å². The number of halogens is 1. The smallest absolute Gasteiger partial charge is 0.272 e. The van der Waals surface area contributed by atoms with E-state index in [1.165, 1.54) is 23.1 Å². The van der Waals surface area contributed by atoms with Gasteiger partial charge in [0.05, 0.1) is 5.75 Å². The average Bonchev–Trinajstić information content (AvgIpc) is 3.44. The first-order valence-electron chi connectivity index (χ1n) is 11.6. The van der Waals surface area contributed by atoms with Crippen LogP contribution in [0.2, 0.25) is 5.02 Å². The maximum absolute atomic E-state index is 13.2. The van der Waals surface area contributed by atoms with Crippen molar-refractivity contribution < 1.29 is 14.4 Å². The van der Waals surface area contributed by atoms with Gasteiger partial charge in [-0.25, -0.2) is 0 Å². The quantitative estimate of drug-likeness (QED) is 0.154. The Kier molecular flexibility index (Phi) is 9.37. The number of carbonyl (C=O) groups excluding carboxylic acids is 3. The Morgan fingerprint density at radius 1 is 0.921 bits per heavy atom. The lowest BCUT2D eigenvalue weighted by molar-refractivity contribution is -0.114. The fraction of sp³-hybridized carbons (Fsp3) is 0.0690. The minimum absolute atomic E-state index is 0.121. The van der Waals surface area contributed by atoms with Gasteiger partial charge in [-0.05, 0) is 72.5 Å². The van der Waals surface area contributed by atoms with Crippen molar-refractivity contribution >= 4 is 69.9 Å². The molecule has 9 heteroatoms. The predicted molar refractivity (Wildman–Crippen MR) is 157 cm³/mol. The Morgan fingerprint density at radius 2 is 1.71 bits per heavy atom. The van der Waals surface area contributed by atoms with Crippen LogP contribution in [-0.2, 0) is 9.59 Å². The molecule has 1 heterocycles. The zero-order valence-electron chi connectivity index (χ0n) is 20.4. The van der Waals surface area contributed by atoms with Gasteiger partial charge in [-0.1, -0.05) is 48.0 Å². The van der Waals surface area contributed by atoms with Crippen LogP contribution in [0.25, 0.3) is 6.08 Å². The van der Waals surface area contributed by atoms with Gasteiger partial charge in [-0.3, -0.25) is 14.4 Å². The van der Waals surface area contributed by atoms with Gasteiger partial charge in [-0.15, -0.1) is 23.1 Å². The number of rotatable bonds is 9. The minimum Gasteiger partial charge on any atom is -0.325 e. The zero-order chi connectivity index (χ0) is 26.9. The molecule has 0 spiro atoms. The van der Waals surface area contributed by atoms with Crippen LogP contribution in [0.1, 0.15) is 20.8 Å². The highest BCUT2D eigenvalue weighted by atomic mass is 35.5. The summed E-state index contributed by atoms with van der Waals surface area (Å²) in [6.45, 7) is 1.85. The third kappa shape index (κ3) is 7.58. The highest BCUT2D eigenvalue weighted by molar-refractivity contribution is 8.00. The third-order valence-electron chi connectivity index (χ3n) is 5.36. The number of benzene rings is 3. The van der Waals surface area contributed by atoms with Gasteiger partial charge in [-0.2, -0.15) is 0 Å². The Morgan fingerprint density at radius 3 is 2.47 bits per heavy atom. The van der Waals surface area contributed by atoms with Crippen LogP contribution in [0.15, 0.2) is 101 Å². The Balaban J connectivity index is 1.41. The van der Waals surface area contributed by atoms with E-state index in [0.29, 0.717) is 22.0 Å². The molecule has 0 aliphatic heterocycles. The zero-order valence-corrected chi connectivity index (χ0v) is 22.8. The number of amides is 3. The number of thioether (sulfide) groups is 1. The molecule has 1 aromatic heterocycles. The summed E-state index contributed by atoms with van der Waals surface area (Å²) >= 11 is 8.93.